The lowest BCUT2D eigenvalue weighted by atomic mass is 10.0. The lowest BCUT2D eigenvalue weighted by Gasteiger charge is -2.26. The van der Waals surface area contributed by atoms with E-state index in [1.54, 1.807) is 0 Å². The maximum Gasteiger partial charge on any atom is 0.425 e. The Hall–Kier alpha value is -0.460. The van der Waals surface area contributed by atoms with Gasteiger partial charge in [-0.2, -0.15) is 13.2 Å². The molecule has 0 saturated carbocycles. The van der Waals surface area contributed by atoms with E-state index in [4.69, 9.17) is 0 Å². The second kappa shape index (κ2) is 3.60. The highest BCUT2D eigenvalue weighted by molar-refractivity contribution is 4.91. The Morgan fingerprint density at radius 3 is 2.07 bits per heavy atom. The minimum atomic E-state index is -5.55. The van der Waals surface area contributed by atoms with Crippen LogP contribution in [-0.4, -0.2) is 31.0 Å². The SMILES string of the molecule is F[C@@H](C(F)(F)F)C(F)(F)[C@@H]1CCCO1. The summed E-state index contributed by atoms with van der Waals surface area (Å²) in [4.78, 5) is 0. The zero-order valence-corrected chi connectivity index (χ0v) is 6.95. The van der Waals surface area contributed by atoms with Crippen LogP contribution < -0.4 is 0 Å². The smallest absolute Gasteiger partial charge is 0.372 e. The van der Waals surface area contributed by atoms with Crippen LogP contribution in [0.5, 0.6) is 0 Å². The van der Waals surface area contributed by atoms with Gasteiger partial charge in [0.25, 0.3) is 6.17 Å². The predicted octanol–water partition coefficient (Wildman–Crippen LogP) is 2.70. The Labute approximate surface area is 76.0 Å². The monoisotopic (exact) mass is 222 g/mol. The molecule has 14 heavy (non-hydrogen) atoms. The third-order valence-corrected chi connectivity index (χ3v) is 1.98. The summed E-state index contributed by atoms with van der Waals surface area (Å²) < 4.78 is 77.4. The van der Waals surface area contributed by atoms with Crippen molar-refractivity contribution < 1.29 is 31.1 Å². The van der Waals surface area contributed by atoms with E-state index in [1.807, 2.05) is 0 Å². The predicted molar refractivity (Wildman–Crippen MR) is 34.9 cm³/mol. The van der Waals surface area contributed by atoms with Gasteiger partial charge in [-0.05, 0) is 12.8 Å². The van der Waals surface area contributed by atoms with Crippen LogP contribution in [-0.2, 0) is 4.74 Å². The standard InChI is InChI=1S/C7H8F6O/c8-5(7(11,12)13)6(9,10)4-2-1-3-14-4/h4-5H,1-3H2/t4-,5+/m0/s1. The molecule has 0 spiro atoms. The lowest BCUT2D eigenvalue weighted by molar-refractivity contribution is -0.267. The number of halogens is 6. The summed E-state index contributed by atoms with van der Waals surface area (Å²) >= 11 is 0. The molecule has 2 atom stereocenters. The summed E-state index contributed by atoms with van der Waals surface area (Å²) in [5.74, 6) is -4.49. The van der Waals surface area contributed by atoms with Gasteiger partial charge in [0.05, 0.1) is 0 Å². The van der Waals surface area contributed by atoms with Gasteiger partial charge in [0.2, 0.25) is 0 Å². The van der Waals surface area contributed by atoms with Crippen LogP contribution in [0, 0.1) is 0 Å². The molecule has 0 aliphatic carbocycles. The fourth-order valence-corrected chi connectivity index (χ4v) is 1.26. The maximum absolute atomic E-state index is 12.8. The maximum atomic E-state index is 12.8. The average molecular weight is 222 g/mol. The van der Waals surface area contributed by atoms with E-state index in [-0.39, 0.29) is 19.4 Å². The van der Waals surface area contributed by atoms with Crippen molar-refractivity contribution in [3.8, 4) is 0 Å². The number of hydrogen-bond acceptors (Lipinski definition) is 1. The van der Waals surface area contributed by atoms with Crippen molar-refractivity contribution in [2.75, 3.05) is 6.61 Å². The van der Waals surface area contributed by atoms with Crippen molar-refractivity contribution in [2.45, 2.75) is 37.2 Å². The zero-order chi connectivity index (χ0) is 11.0. The van der Waals surface area contributed by atoms with E-state index >= 15 is 0 Å². The molecule has 1 aliphatic rings. The Morgan fingerprint density at radius 2 is 1.71 bits per heavy atom. The molecular formula is C7H8F6O. The highest BCUT2D eigenvalue weighted by Crippen LogP contribution is 2.40. The molecule has 0 unspecified atom stereocenters. The van der Waals surface area contributed by atoms with E-state index in [2.05, 4.69) is 4.74 Å². The first-order valence-corrected chi connectivity index (χ1v) is 3.96. The van der Waals surface area contributed by atoms with Crippen molar-refractivity contribution >= 4 is 0 Å². The van der Waals surface area contributed by atoms with Gasteiger partial charge in [-0.25, -0.2) is 13.2 Å². The molecule has 1 rings (SSSR count). The van der Waals surface area contributed by atoms with Crippen LogP contribution >= 0.6 is 0 Å². The third kappa shape index (κ3) is 2.13. The summed E-state index contributed by atoms with van der Waals surface area (Å²) in [5.41, 5.74) is 0. The van der Waals surface area contributed by atoms with Gasteiger partial charge in [-0.15, -0.1) is 0 Å². The minimum Gasteiger partial charge on any atom is -0.372 e. The van der Waals surface area contributed by atoms with Crippen LogP contribution in [0.4, 0.5) is 26.3 Å². The molecule has 1 aliphatic heterocycles. The first-order chi connectivity index (χ1) is 6.26. The van der Waals surface area contributed by atoms with Crippen LogP contribution in [0.15, 0.2) is 0 Å². The second-order valence-electron chi connectivity index (χ2n) is 3.08. The lowest BCUT2D eigenvalue weighted by Crippen LogP contribution is -2.49. The van der Waals surface area contributed by atoms with Gasteiger partial charge in [-0.1, -0.05) is 0 Å². The number of hydrogen-bond donors (Lipinski definition) is 0. The van der Waals surface area contributed by atoms with Gasteiger partial charge in [-0.3, -0.25) is 0 Å². The number of rotatable bonds is 2. The van der Waals surface area contributed by atoms with E-state index in [9.17, 15) is 26.3 Å². The number of ether oxygens (including phenoxy) is 1. The summed E-state index contributed by atoms with van der Waals surface area (Å²) in [6.45, 7) is -0.0508. The molecule has 0 aromatic rings. The van der Waals surface area contributed by atoms with Crippen molar-refractivity contribution in [3.05, 3.63) is 0 Å². The molecule has 0 aromatic heterocycles. The molecule has 84 valence electrons. The van der Waals surface area contributed by atoms with Crippen LogP contribution in [0.25, 0.3) is 0 Å². The highest BCUT2D eigenvalue weighted by atomic mass is 19.4. The third-order valence-electron chi connectivity index (χ3n) is 1.98. The number of alkyl halides is 6. The Morgan fingerprint density at radius 1 is 1.14 bits per heavy atom. The molecule has 7 heteroatoms. The largest absolute Gasteiger partial charge is 0.425 e. The molecule has 0 radical (unpaired) electrons. The quantitative estimate of drug-likeness (QED) is 0.652. The van der Waals surface area contributed by atoms with Gasteiger partial charge >= 0.3 is 12.1 Å². The summed E-state index contributed by atoms with van der Waals surface area (Å²) in [6.07, 6.45) is -11.7. The van der Waals surface area contributed by atoms with Gasteiger partial charge in [0, 0.05) is 6.61 Å². The van der Waals surface area contributed by atoms with E-state index < -0.39 is 24.4 Å². The first kappa shape index (κ1) is 11.6. The topological polar surface area (TPSA) is 9.23 Å². The summed E-state index contributed by atoms with van der Waals surface area (Å²) in [6, 6.07) is 0. The van der Waals surface area contributed by atoms with Crippen LogP contribution in [0.2, 0.25) is 0 Å². The molecule has 0 aromatic carbocycles. The molecule has 0 N–H and O–H groups in total. The Bertz CT molecular complexity index is 195. The normalized spacial score (nSPS) is 26.6. The minimum absolute atomic E-state index is 0.0508. The zero-order valence-electron chi connectivity index (χ0n) is 6.95. The molecule has 1 nitrogen and oxygen atoms in total. The summed E-state index contributed by atoms with van der Waals surface area (Å²) in [5, 5.41) is 0. The fraction of sp³-hybridized carbons (Fsp3) is 1.00. The Kier molecular flexibility index (Phi) is 2.99. The van der Waals surface area contributed by atoms with Crippen molar-refractivity contribution in [2.24, 2.45) is 0 Å². The van der Waals surface area contributed by atoms with Crippen molar-refractivity contribution in [3.63, 3.8) is 0 Å². The molecule has 1 fully saturated rings. The highest BCUT2D eigenvalue weighted by Gasteiger charge is 2.61. The molecule has 0 amide bonds. The van der Waals surface area contributed by atoms with Gasteiger partial charge in [0.15, 0.2) is 0 Å². The fourth-order valence-electron chi connectivity index (χ4n) is 1.26. The molecule has 0 bridgehead atoms. The van der Waals surface area contributed by atoms with Crippen LogP contribution in [0.1, 0.15) is 12.8 Å². The Balaban J connectivity index is 2.72. The van der Waals surface area contributed by atoms with Gasteiger partial charge < -0.3 is 4.74 Å². The molecule has 1 saturated heterocycles. The van der Waals surface area contributed by atoms with Crippen LogP contribution in [0.3, 0.4) is 0 Å². The van der Waals surface area contributed by atoms with E-state index in [0.717, 1.165) is 0 Å². The van der Waals surface area contributed by atoms with E-state index in [1.165, 1.54) is 0 Å². The van der Waals surface area contributed by atoms with Gasteiger partial charge in [0.1, 0.15) is 6.10 Å². The molecule has 1 heterocycles. The van der Waals surface area contributed by atoms with Crippen molar-refractivity contribution in [1.29, 1.82) is 0 Å². The van der Waals surface area contributed by atoms with E-state index in [0.29, 0.717) is 0 Å². The first-order valence-electron chi connectivity index (χ1n) is 3.96. The van der Waals surface area contributed by atoms with Crippen molar-refractivity contribution in [1.82, 2.24) is 0 Å². The average Bonchev–Trinajstić information content (AvgIpc) is 2.53. The molecular weight excluding hydrogens is 214 g/mol. The summed E-state index contributed by atoms with van der Waals surface area (Å²) in [7, 11) is 0. The second-order valence-corrected chi connectivity index (χ2v) is 3.08.